The van der Waals surface area contributed by atoms with Gasteiger partial charge in [0, 0.05) is 21.0 Å². The fourth-order valence-electron chi connectivity index (χ4n) is 2.53. The number of halogens is 1. The van der Waals surface area contributed by atoms with E-state index in [-0.39, 0.29) is 0 Å². The summed E-state index contributed by atoms with van der Waals surface area (Å²) < 4.78 is 6.71. The lowest BCUT2D eigenvalue weighted by Gasteiger charge is -2.05. The minimum Gasteiger partial charge on any atom is -0.442 e. The number of fused-ring (bicyclic) bond motifs is 1. The molecular formula is C17H12BrN3OS. The molecule has 4 nitrogen and oxygen atoms in total. The van der Waals surface area contributed by atoms with E-state index in [0.29, 0.717) is 5.89 Å². The average molecular weight is 386 g/mol. The third kappa shape index (κ3) is 2.58. The van der Waals surface area contributed by atoms with Crippen LogP contribution in [0.4, 0.5) is 0 Å². The second kappa shape index (κ2) is 5.54. The summed E-state index contributed by atoms with van der Waals surface area (Å²) in [6, 6.07) is 10.2. The van der Waals surface area contributed by atoms with Crippen molar-refractivity contribution in [2.75, 3.05) is 0 Å². The maximum Gasteiger partial charge on any atom is 0.248 e. The van der Waals surface area contributed by atoms with Crippen molar-refractivity contribution in [3.8, 4) is 33.3 Å². The van der Waals surface area contributed by atoms with E-state index in [1.807, 2.05) is 32.0 Å². The molecule has 0 spiro atoms. The second-order valence-corrected chi connectivity index (χ2v) is 7.05. The first kappa shape index (κ1) is 14.5. The van der Waals surface area contributed by atoms with Crippen LogP contribution in [-0.4, -0.2) is 15.2 Å². The first-order chi connectivity index (χ1) is 11.1. The topological polar surface area (TPSA) is 51.8 Å². The van der Waals surface area contributed by atoms with E-state index in [1.165, 1.54) is 0 Å². The van der Waals surface area contributed by atoms with E-state index in [9.17, 15) is 0 Å². The summed E-state index contributed by atoms with van der Waals surface area (Å²) in [4.78, 5) is 4.80. The fraction of sp³-hybridized carbons (Fsp3) is 0.118. The van der Waals surface area contributed by atoms with Gasteiger partial charge in [-0.15, -0.1) is 16.4 Å². The second-order valence-electron chi connectivity index (χ2n) is 5.28. The van der Waals surface area contributed by atoms with Crippen LogP contribution < -0.4 is 0 Å². The summed E-state index contributed by atoms with van der Waals surface area (Å²) >= 11 is 5.07. The molecule has 0 aliphatic carbocycles. The van der Waals surface area contributed by atoms with E-state index in [0.717, 1.165) is 43.3 Å². The molecule has 2 aliphatic rings. The number of aryl methyl sites for hydroxylation is 2. The van der Waals surface area contributed by atoms with Gasteiger partial charge >= 0.3 is 0 Å². The molecule has 0 atom stereocenters. The SMILES string of the molecule is Cc1cc(-c2nc(-c3ccc(Br)cc3)cs2)c2c(C)nnc-2o1. The van der Waals surface area contributed by atoms with Gasteiger partial charge in [0.2, 0.25) is 5.89 Å². The van der Waals surface area contributed by atoms with Crippen molar-refractivity contribution >= 4 is 27.3 Å². The van der Waals surface area contributed by atoms with Gasteiger partial charge in [0.25, 0.3) is 0 Å². The molecule has 3 heterocycles. The van der Waals surface area contributed by atoms with Gasteiger partial charge in [0.1, 0.15) is 10.8 Å². The molecule has 0 amide bonds. The van der Waals surface area contributed by atoms with E-state index >= 15 is 0 Å². The molecule has 0 N–H and O–H groups in total. The number of hydrogen-bond acceptors (Lipinski definition) is 5. The molecule has 0 fully saturated rings. The average Bonchev–Trinajstić information content (AvgIpc) is 3.15. The Balaban J connectivity index is 1.83. The van der Waals surface area contributed by atoms with Crippen molar-refractivity contribution in [2.24, 2.45) is 0 Å². The van der Waals surface area contributed by atoms with Crippen LogP contribution in [-0.2, 0) is 0 Å². The Labute approximate surface area is 145 Å². The van der Waals surface area contributed by atoms with Gasteiger partial charge < -0.3 is 4.42 Å². The maximum atomic E-state index is 5.65. The third-order valence-corrected chi connectivity index (χ3v) is 5.02. The van der Waals surface area contributed by atoms with Gasteiger partial charge in [-0.3, -0.25) is 0 Å². The molecule has 4 rings (SSSR count). The Morgan fingerprint density at radius 3 is 2.65 bits per heavy atom. The minimum atomic E-state index is 0.567. The van der Waals surface area contributed by atoms with Crippen LogP contribution in [0, 0.1) is 13.8 Å². The molecule has 0 bridgehead atoms. The maximum absolute atomic E-state index is 5.65. The molecule has 1 aromatic carbocycles. The summed E-state index contributed by atoms with van der Waals surface area (Å²) in [6.07, 6.45) is 0. The Bertz CT molecular complexity index is 958. The summed E-state index contributed by atoms with van der Waals surface area (Å²) in [5.74, 6) is 1.37. The lowest BCUT2D eigenvalue weighted by atomic mass is 10.1. The van der Waals surface area contributed by atoms with E-state index in [2.05, 4.69) is 43.6 Å². The van der Waals surface area contributed by atoms with Gasteiger partial charge in [-0.05, 0) is 32.0 Å². The summed E-state index contributed by atoms with van der Waals surface area (Å²) in [7, 11) is 0. The lowest BCUT2D eigenvalue weighted by Crippen LogP contribution is -1.88. The largest absolute Gasteiger partial charge is 0.442 e. The zero-order chi connectivity index (χ0) is 16.0. The zero-order valence-corrected chi connectivity index (χ0v) is 14.9. The Morgan fingerprint density at radius 1 is 1.09 bits per heavy atom. The van der Waals surface area contributed by atoms with Crippen molar-refractivity contribution in [1.82, 2.24) is 15.2 Å². The van der Waals surface area contributed by atoms with Crippen molar-refractivity contribution in [2.45, 2.75) is 13.8 Å². The normalized spacial score (nSPS) is 11.3. The summed E-state index contributed by atoms with van der Waals surface area (Å²) in [6.45, 7) is 3.85. The van der Waals surface area contributed by atoms with Crippen LogP contribution in [0.5, 0.6) is 0 Å². The zero-order valence-electron chi connectivity index (χ0n) is 12.5. The highest BCUT2D eigenvalue weighted by atomic mass is 79.9. The molecule has 0 saturated carbocycles. The van der Waals surface area contributed by atoms with E-state index in [1.54, 1.807) is 11.3 Å². The van der Waals surface area contributed by atoms with Crippen LogP contribution in [0.3, 0.4) is 0 Å². The molecule has 0 saturated heterocycles. The van der Waals surface area contributed by atoms with Gasteiger partial charge in [-0.25, -0.2) is 4.98 Å². The third-order valence-electron chi connectivity index (χ3n) is 3.62. The first-order valence-corrected chi connectivity index (χ1v) is 8.74. The number of rotatable bonds is 2. The van der Waals surface area contributed by atoms with Crippen molar-refractivity contribution < 1.29 is 4.42 Å². The Morgan fingerprint density at radius 2 is 1.87 bits per heavy atom. The van der Waals surface area contributed by atoms with Gasteiger partial charge in [0.05, 0.1) is 17.0 Å². The monoisotopic (exact) mass is 385 g/mol. The number of benzene rings is 1. The highest BCUT2D eigenvalue weighted by molar-refractivity contribution is 9.10. The van der Waals surface area contributed by atoms with Crippen molar-refractivity contribution in [1.29, 1.82) is 0 Å². The van der Waals surface area contributed by atoms with E-state index < -0.39 is 0 Å². The highest BCUT2D eigenvalue weighted by Gasteiger charge is 2.21. The Kier molecular flexibility index (Phi) is 3.50. The molecule has 23 heavy (non-hydrogen) atoms. The van der Waals surface area contributed by atoms with E-state index in [4.69, 9.17) is 9.40 Å². The van der Waals surface area contributed by atoms with Gasteiger partial charge in [0.15, 0.2) is 0 Å². The molecule has 2 aliphatic heterocycles. The lowest BCUT2D eigenvalue weighted by molar-refractivity contribution is 0.515. The number of hydrogen-bond donors (Lipinski definition) is 0. The quantitative estimate of drug-likeness (QED) is 0.466. The van der Waals surface area contributed by atoms with Gasteiger partial charge in [-0.1, -0.05) is 28.1 Å². The number of aromatic nitrogens is 3. The molecule has 0 radical (unpaired) electrons. The molecular weight excluding hydrogens is 374 g/mol. The Hall–Kier alpha value is -2.05. The predicted molar refractivity (Wildman–Crippen MR) is 94.6 cm³/mol. The van der Waals surface area contributed by atoms with Crippen LogP contribution in [0.2, 0.25) is 0 Å². The molecule has 114 valence electrons. The van der Waals surface area contributed by atoms with Crippen LogP contribution >= 0.6 is 27.3 Å². The standard InChI is InChI=1S/C17H12BrN3OS/c1-9-7-13(15-10(2)20-21-16(15)22-9)17-19-14(8-23-17)11-3-5-12(18)6-4-11/h3-8H,1-2H3. The molecule has 1 aromatic heterocycles. The smallest absolute Gasteiger partial charge is 0.248 e. The summed E-state index contributed by atoms with van der Waals surface area (Å²) in [5, 5.41) is 11.2. The number of nitrogens with zero attached hydrogens (tertiary/aromatic N) is 3. The van der Waals surface area contributed by atoms with Crippen LogP contribution in [0.15, 0.2) is 44.6 Å². The van der Waals surface area contributed by atoms with Crippen molar-refractivity contribution in [3.63, 3.8) is 0 Å². The molecule has 6 heteroatoms. The first-order valence-electron chi connectivity index (χ1n) is 7.07. The molecule has 2 aromatic rings. The van der Waals surface area contributed by atoms with Crippen molar-refractivity contribution in [3.05, 3.63) is 51.6 Å². The highest BCUT2D eigenvalue weighted by Crippen LogP contribution is 2.38. The fourth-order valence-corrected chi connectivity index (χ4v) is 3.65. The summed E-state index contributed by atoms with van der Waals surface area (Å²) in [5.41, 5.74) is 4.89. The molecule has 0 unspecified atom stereocenters. The minimum absolute atomic E-state index is 0.567. The van der Waals surface area contributed by atoms with Gasteiger partial charge in [-0.2, -0.15) is 5.10 Å². The van der Waals surface area contributed by atoms with Crippen LogP contribution in [0.25, 0.3) is 33.3 Å². The van der Waals surface area contributed by atoms with Crippen LogP contribution in [0.1, 0.15) is 11.5 Å². The predicted octanol–water partition coefficient (Wildman–Crippen LogP) is 5.34. The number of thiazole rings is 1.